The summed E-state index contributed by atoms with van der Waals surface area (Å²) in [5, 5.41) is 12.8. The van der Waals surface area contributed by atoms with E-state index in [1.54, 1.807) is 12.1 Å². The first-order chi connectivity index (χ1) is 10.2. The van der Waals surface area contributed by atoms with Crippen molar-refractivity contribution in [1.29, 1.82) is 0 Å². The van der Waals surface area contributed by atoms with Gasteiger partial charge in [-0.3, -0.25) is 0 Å². The van der Waals surface area contributed by atoms with E-state index in [-0.39, 0.29) is 5.82 Å². The fraction of sp³-hybridized carbons (Fsp3) is 0.647. The van der Waals surface area contributed by atoms with Gasteiger partial charge in [0.2, 0.25) is 0 Å². The van der Waals surface area contributed by atoms with E-state index >= 15 is 0 Å². The highest BCUT2D eigenvalue weighted by Crippen LogP contribution is 2.09. The Bertz CT molecular complexity index is 374. The van der Waals surface area contributed by atoms with Crippen LogP contribution in [0.4, 0.5) is 10.1 Å². The zero-order valence-corrected chi connectivity index (χ0v) is 13.0. The molecule has 2 N–H and O–H groups in total. The second-order valence-electron chi connectivity index (χ2n) is 5.39. The van der Waals surface area contributed by atoms with E-state index in [4.69, 9.17) is 4.74 Å². The Kier molecular flexibility index (Phi) is 9.83. The molecule has 0 saturated heterocycles. The van der Waals surface area contributed by atoms with Gasteiger partial charge in [0.25, 0.3) is 0 Å². The normalized spacial score (nSPS) is 12.3. The van der Waals surface area contributed by atoms with Crippen LogP contribution in [0.15, 0.2) is 24.3 Å². The molecule has 4 heteroatoms. The van der Waals surface area contributed by atoms with Crippen molar-refractivity contribution >= 4 is 5.69 Å². The Balaban J connectivity index is 1.97. The number of aliphatic hydroxyl groups excluding tert-OH is 1. The number of rotatable bonds is 12. The summed E-state index contributed by atoms with van der Waals surface area (Å²) in [6, 6.07) is 6.21. The average molecular weight is 297 g/mol. The van der Waals surface area contributed by atoms with Crippen LogP contribution >= 0.6 is 0 Å². The molecular weight excluding hydrogens is 269 g/mol. The molecule has 0 fully saturated rings. The third-order valence-electron chi connectivity index (χ3n) is 3.32. The topological polar surface area (TPSA) is 41.5 Å². The van der Waals surface area contributed by atoms with Crippen molar-refractivity contribution in [1.82, 2.24) is 0 Å². The zero-order valence-electron chi connectivity index (χ0n) is 13.0. The Labute approximate surface area is 127 Å². The van der Waals surface area contributed by atoms with Crippen molar-refractivity contribution in [3.05, 3.63) is 30.1 Å². The highest BCUT2D eigenvalue weighted by atomic mass is 19.1. The van der Waals surface area contributed by atoms with E-state index < -0.39 is 6.10 Å². The number of benzene rings is 1. The first-order valence-electron chi connectivity index (χ1n) is 7.97. The third kappa shape index (κ3) is 9.43. The summed E-state index contributed by atoms with van der Waals surface area (Å²) < 4.78 is 18.4. The molecule has 0 aliphatic rings. The molecule has 1 rings (SSSR count). The van der Waals surface area contributed by atoms with Crippen LogP contribution in [-0.2, 0) is 4.74 Å². The minimum atomic E-state index is -0.576. The van der Waals surface area contributed by atoms with Crippen molar-refractivity contribution in [2.75, 3.05) is 25.1 Å². The van der Waals surface area contributed by atoms with Crippen LogP contribution in [0.5, 0.6) is 0 Å². The van der Waals surface area contributed by atoms with Crippen LogP contribution in [0.3, 0.4) is 0 Å². The van der Waals surface area contributed by atoms with E-state index in [9.17, 15) is 9.50 Å². The second-order valence-corrected chi connectivity index (χ2v) is 5.39. The van der Waals surface area contributed by atoms with Crippen LogP contribution in [0, 0.1) is 5.82 Å². The van der Waals surface area contributed by atoms with Gasteiger partial charge in [-0.05, 0) is 24.6 Å². The minimum Gasteiger partial charge on any atom is -0.389 e. The number of hydrogen-bond donors (Lipinski definition) is 2. The van der Waals surface area contributed by atoms with E-state index in [1.165, 1.54) is 44.2 Å². The number of ether oxygens (including phenoxy) is 1. The van der Waals surface area contributed by atoms with Gasteiger partial charge < -0.3 is 15.2 Å². The standard InChI is InChI=1S/C17H28FNO2/c1-2-3-4-5-6-7-11-21-14-17(20)13-19-16-10-8-9-15(18)12-16/h8-10,12,17,19-20H,2-7,11,13-14H2,1H3. The molecule has 1 atom stereocenters. The van der Waals surface area contributed by atoms with Crippen molar-refractivity contribution < 1.29 is 14.2 Å². The largest absolute Gasteiger partial charge is 0.389 e. The van der Waals surface area contributed by atoms with Gasteiger partial charge in [-0.15, -0.1) is 0 Å². The molecule has 0 aliphatic heterocycles. The number of halogens is 1. The summed E-state index contributed by atoms with van der Waals surface area (Å²) in [6.45, 7) is 3.59. The molecule has 0 radical (unpaired) electrons. The summed E-state index contributed by atoms with van der Waals surface area (Å²) in [6.07, 6.45) is 6.81. The SMILES string of the molecule is CCCCCCCCOCC(O)CNc1cccc(F)c1. The quantitative estimate of drug-likeness (QED) is 0.573. The number of anilines is 1. The molecule has 0 aliphatic carbocycles. The van der Waals surface area contributed by atoms with Crippen LogP contribution < -0.4 is 5.32 Å². The Morgan fingerprint density at radius 3 is 2.71 bits per heavy atom. The Morgan fingerprint density at radius 2 is 1.95 bits per heavy atom. The van der Waals surface area contributed by atoms with Crippen molar-refractivity contribution in [2.45, 2.75) is 51.6 Å². The molecule has 0 bridgehead atoms. The Hall–Kier alpha value is -1.13. The smallest absolute Gasteiger partial charge is 0.125 e. The lowest BCUT2D eigenvalue weighted by atomic mass is 10.1. The highest BCUT2D eigenvalue weighted by Gasteiger charge is 2.04. The molecule has 0 aromatic heterocycles. The Morgan fingerprint density at radius 1 is 1.19 bits per heavy atom. The first kappa shape index (κ1) is 17.9. The molecule has 0 saturated carbocycles. The van der Waals surface area contributed by atoms with Gasteiger partial charge >= 0.3 is 0 Å². The summed E-state index contributed by atoms with van der Waals surface area (Å²) >= 11 is 0. The summed E-state index contributed by atoms with van der Waals surface area (Å²) in [5.41, 5.74) is 0.671. The number of aliphatic hydroxyl groups is 1. The average Bonchev–Trinajstić information content (AvgIpc) is 2.48. The van der Waals surface area contributed by atoms with Gasteiger partial charge in [-0.25, -0.2) is 4.39 Å². The van der Waals surface area contributed by atoms with Crippen molar-refractivity contribution in [3.63, 3.8) is 0 Å². The fourth-order valence-corrected chi connectivity index (χ4v) is 2.10. The number of hydrogen-bond acceptors (Lipinski definition) is 3. The fourth-order valence-electron chi connectivity index (χ4n) is 2.10. The lowest BCUT2D eigenvalue weighted by Gasteiger charge is -2.13. The summed E-state index contributed by atoms with van der Waals surface area (Å²) in [5.74, 6) is -0.284. The predicted octanol–water partition coefficient (Wildman–Crippen LogP) is 3.98. The molecule has 120 valence electrons. The minimum absolute atomic E-state index is 0.284. The van der Waals surface area contributed by atoms with Crippen LogP contribution in [0.25, 0.3) is 0 Å². The van der Waals surface area contributed by atoms with Crippen LogP contribution in [-0.4, -0.2) is 31.0 Å². The molecule has 1 aromatic rings. The summed E-state index contributed by atoms with van der Waals surface area (Å²) in [7, 11) is 0. The zero-order chi connectivity index (χ0) is 15.3. The predicted molar refractivity (Wildman–Crippen MR) is 85.1 cm³/mol. The van der Waals surface area contributed by atoms with Gasteiger partial charge in [0, 0.05) is 18.8 Å². The van der Waals surface area contributed by atoms with Gasteiger partial charge in [-0.2, -0.15) is 0 Å². The molecule has 0 spiro atoms. The van der Waals surface area contributed by atoms with Crippen molar-refractivity contribution in [2.24, 2.45) is 0 Å². The molecular formula is C17H28FNO2. The number of unbranched alkanes of at least 4 members (excludes halogenated alkanes) is 5. The first-order valence-corrected chi connectivity index (χ1v) is 7.97. The third-order valence-corrected chi connectivity index (χ3v) is 3.32. The molecule has 21 heavy (non-hydrogen) atoms. The highest BCUT2D eigenvalue weighted by molar-refractivity contribution is 5.43. The molecule has 1 unspecified atom stereocenters. The number of nitrogens with one attached hydrogen (secondary N) is 1. The van der Waals surface area contributed by atoms with Crippen LogP contribution in [0.1, 0.15) is 45.4 Å². The monoisotopic (exact) mass is 297 g/mol. The van der Waals surface area contributed by atoms with Gasteiger partial charge in [0.1, 0.15) is 5.82 Å². The lowest BCUT2D eigenvalue weighted by molar-refractivity contribution is 0.0416. The van der Waals surface area contributed by atoms with Gasteiger partial charge in [-0.1, -0.05) is 45.1 Å². The molecule has 0 amide bonds. The van der Waals surface area contributed by atoms with Gasteiger partial charge in [0.05, 0.1) is 12.7 Å². The molecule has 1 aromatic carbocycles. The van der Waals surface area contributed by atoms with E-state index in [1.807, 2.05) is 0 Å². The van der Waals surface area contributed by atoms with Crippen molar-refractivity contribution in [3.8, 4) is 0 Å². The molecule has 0 heterocycles. The lowest BCUT2D eigenvalue weighted by Crippen LogP contribution is -2.25. The summed E-state index contributed by atoms with van der Waals surface area (Å²) in [4.78, 5) is 0. The maximum absolute atomic E-state index is 13.0. The second kappa shape index (κ2) is 11.5. The van der Waals surface area contributed by atoms with Gasteiger partial charge in [0.15, 0.2) is 0 Å². The van der Waals surface area contributed by atoms with E-state index in [0.717, 1.165) is 6.42 Å². The maximum atomic E-state index is 13.0. The van der Waals surface area contributed by atoms with Crippen LogP contribution in [0.2, 0.25) is 0 Å². The van der Waals surface area contributed by atoms with E-state index in [2.05, 4.69) is 12.2 Å². The van der Waals surface area contributed by atoms with E-state index in [0.29, 0.717) is 25.4 Å². The molecule has 3 nitrogen and oxygen atoms in total. The maximum Gasteiger partial charge on any atom is 0.125 e.